The lowest BCUT2D eigenvalue weighted by molar-refractivity contribution is 0.103. The summed E-state index contributed by atoms with van der Waals surface area (Å²) in [6, 6.07) is 10.9. The predicted octanol–water partition coefficient (Wildman–Crippen LogP) is 5.45. The summed E-state index contributed by atoms with van der Waals surface area (Å²) in [6.07, 6.45) is 0. The molecular formula is C23H25FN2O3S2. The number of hydrogen-bond acceptors (Lipinski definition) is 4. The van der Waals surface area contributed by atoms with Crippen LogP contribution >= 0.6 is 11.3 Å². The zero-order valence-electron chi connectivity index (χ0n) is 17.9. The molecule has 0 bridgehead atoms. The third-order valence-electron chi connectivity index (χ3n) is 5.26. The average molecular weight is 461 g/mol. The zero-order chi connectivity index (χ0) is 22.8. The molecule has 0 radical (unpaired) electrons. The minimum atomic E-state index is -3.66. The molecule has 2 aromatic carbocycles. The highest BCUT2D eigenvalue weighted by atomic mass is 32.2. The number of carbonyl (C=O) groups is 1. The van der Waals surface area contributed by atoms with Crippen LogP contribution < -0.4 is 5.32 Å². The average Bonchev–Trinajstić information content (AvgIpc) is 3.22. The Hall–Kier alpha value is -2.55. The quantitative estimate of drug-likeness (QED) is 0.510. The Bertz CT molecular complexity index is 1200. The molecule has 8 heteroatoms. The van der Waals surface area contributed by atoms with Crippen LogP contribution in [-0.4, -0.2) is 31.7 Å². The van der Waals surface area contributed by atoms with Crippen molar-refractivity contribution in [2.24, 2.45) is 0 Å². The van der Waals surface area contributed by atoms with E-state index in [0.29, 0.717) is 29.2 Å². The second-order valence-corrected chi connectivity index (χ2v) is 9.98. The van der Waals surface area contributed by atoms with E-state index in [-0.39, 0.29) is 16.6 Å². The van der Waals surface area contributed by atoms with E-state index in [2.05, 4.69) is 5.32 Å². The summed E-state index contributed by atoms with van der Waals surface area (Å²) < 4.78 is 40.6. The Morgan fingerprint density at radius 1 is 1.06 bits per heavy atom. The maximum absolute atomic E-state index is 13.3. The smallest absolute Gasteiger partial charge is 0.266 e. The molecule has 0 aliphatic rings. The van der Waals surface area contributed by atoms with Crippen molar-refractivity contribution >= 4 is 33.0 Å². The van der Waals surface area contributed by atoms with Gasteiger partial charge in [-0.15, -0.1) is 11.3 Å². The molecule has 164 valence electrons. The van der Waals surface area contributed by atoms with E-state index < -0.39 is 10.0 Å². The van der Waals surface area contributed by atoms with Crippen LogP contribution in [0.15, 0.2) is 52.7 Å². The van der Waals surface area contributed by atoms with Crippen LogP contribution in [0.25, 0.3) is 11.1 Å². The highest BCUT2D eigenvalue weighted by Gasteiger charge is 2.24. The van der Waals surface area contributed by atoms with Gasteiger partial charge >= 0.3 is 0 Å². The number of nitrogens with one attached hydrogen (secondary N) is 1. The van der Waals surface area contributed by atoms with Gasteiger partial charge in [-0.05, 0) is 66.2 Å². The Morgan fingerprint density at radius 3 is 2.32 bits per heavy atom. The molecule has 0 aliphatic carbocycles. The second-order valence-electron chi connectivity index (χ2n) is 7.13. The molecule has 0 saturated heterocycles. The summed E-state index contributed by atoms with van der Waals surface area (Å²) in [5.74, 6) is -0.684. The Kier molecular flexibility index (Phi) is 6.93. The molecule has 1 amide bonds. The van der Waals surface area contributed by atoms with Crippen molar-refractivity contribution in [1.29, 1.82) is 0 Å². The van der Waals surface area contributed by atoms with Crippen LogP contribution in [0.2, 0.25) is 0 Å². The predicted molar refractivity (Wildman–Crippen MR) is 124 cm³/mol. The third kappa shape index (κ3) is 4.71. The van der Waals surface area contributed by atoms with Crippen molar-refractivity contribution in [2.45, 2.75) is 32.6 Å². The molecule has 0 aliphatic heterocycles. The Morgan fingerprint density at radius 2 is 1.71 bits per heavy atom. The van der Waals surface area contributed by atoms with Gasteiger partial charge < -0.3 is 5.32 Å². The van der Waals surface area contributed by atoms with E-state index in [4.69, 9.17) is 0 Å². The molecule has 1 N–H and O–H groups in total. The van der Waals surface area contributed by atoms with Gasteiger partial charge in [-0.2, -0.15) is 4.31 Å². The van der Waals surface area contributed by atoms with Gasteiger partial charge in [0, 0.05) is 24.3 Å². The van der Waals surface area contributed by atoms with E-state index in [0.717, 1.165) is 16.7 Å². The number of benzene rings is 2. The van der Waals surface area contributed by atoms with Crippen LogP contribution in [0.3, 0.4) is 0 Å². The summed E-state index contributed by atoms with van der Waals surface area (Å²) in [4.78, 5) is 13.7. The molecule has 0 saturated carbocycles. The number of amides is 1. The van der Waals surface area contributed by atoms with Crippen molar-refractivity contribution in [2.75, 3.05) is 18.4 Å². The Labute approximate surface area is 186 Å². The fourth-order valence-corrected chi connectivity index (χ4v) is 5.72. The summed E-state index contributed by atoms with van der Waals surface area (Å²) in [5.41, 5.74) is 3.46. The lowest BCUT2D eigenvalue weighted by Crippen LogP contribution is -2.30. The number of thiophene rings is 1. The standard InChI is InChI=1S/C23H25FN2O3S2/c1-5-26(6-2)31(28,29)19-13-15(3)16(4)21(14-19)25-23(27)22-20(11-12-30-22)17-7-9-18(24)10-8-17/h7-14H,5-6H2,1-4H3,(H,25,27). The van der Waals surface area contributed by atoms with E-state index >= 15 is 0 Å². The fourth-order valence-electron chi connectivity index (χ4n) is 3.34. The highest BCUT2D eigenvalue weighted by Crippen LogP contribution is 2.31. The molecule has 0 atom stereocenters. The fraction of sp³-hybridized carbons (Fsp3) is 0.261. The second kappa shape index (κ2) is 9.30. The van der Waals surface area contributed by atoms with Gasteiger partial charge in [0.15, 0.2) is 0 Å². The van der Waals surface area contributed by atoms with Crippen molar-refractivity contribution < 1.29 is 17.6 Å². The van der Waals surface area contributed by atoms with Crippen LogP contribution in [0.4, 0.5) is 10.1 Å². The van der Waals surface area contributed by atoms with Gasteiger partial charge in [0.25, 0.3) is 5.91 Å². The Balaban J connectivity index is 1.97. The highest BCUT2D eigenvalue weighted by molar-refractivity contribution is 7.89. The molecule has 3 aromatic rings. The maximum Gasteiger partial charge on any atom is 0.266 e. The van der Waals surface area contributed by atoms with Gasteiger partial charge in [0.1, 0.15) is 5.82 Å². The molecule has 3 rings (SSSR count). The monoisotopic (exact) mass is 460 g/mol. The van der Waals surface area contributed by atoms with Crippen LogP contribution in [-0.2, 0) is 10.0 Å². The van der Waals surface area contributed by atoms with Gasteiger partial charge in [0.05, 0.1) is 9.77 Å². The first kappa shape index (κ1) is 23.1. The van der Waals surface area contributed by atoms with Crippen LogP contribution in [0.5, 0.6) is 0 Å². The normalized spacial score (nSPS) is 11.7. The number of hydrogen-bond donors (Lipinski definition) is 1. The number of sulfonamides is 1. The molecular weight excluding hydrogens is 435 g/mol. The third-order valence-corrected chi connectivity index (χ3v) is 8.20. The largest absolute Gasteiger partial charge is 0.321 e. The summed E-state index contributed by atoms with van der Waals surface area (Å²) >= 11 is 1.28. The molecule has 31 heavy (non-hydrogen) atoms. The lowest BCUT2D eigenvalue weighted by Gasteiger charge is -2.20. The van der Waals surface area contributed by atoms with Gasteiger partial charge in [0.2, 0.25) is 10.0 Å². The van der Waals surface area contributed by atoms with Gasteiger partial charge in [-0.25, -0.2) is 12.8 Å². The summed E-state index contributed by atoms with van der Waals surface area (Å²) in [6.45, 7) is 7.97. The number of halogens is 1. The van der Waals surface area contributed by atoms with Crippen molar-refractivity contribution in [3.8, 4) is 11.1 Å². The minimum absolute atomic E-state index is 0.152. The lowest BCUT2D eigenvalue weighted by atomic mass is 10.1. The first-order valence-electron chi connectivity index (χ1n) is 9.95. The minimum Gasteiger partial charge on any atom is -0.321 e. The van der Waals surface area contributed by atoms with E-state index in [1.54, 1.807) is 37.4 Å². The number of nitrogens with zero attached hydrogens (tertiary/aromatic N) is 1. The van der Waals surface area contributed by atoms with Crippen LogP contribution in [0.1, 0.15) is 34.6 Å². The first-order valence-corrected chi connectivity index (χ1v) is 12.3. The van der Waals surface area contributed by atoms with E-state index in [1.807, 2.05) is 19.9 Å². The summed E-state index contributed by atoms with van der Waals surface area (Å²) in [5, 5.41) is 4.68. The van der Waals surface area contributed by atoms with Crippen molar-refractivity contribution in [1.82, 2.24) is 4.31 Å². The number of aryl methyl sites for hydroxylation is 1. The molecule has 5 nitrogen and oxygen atoms in total. The first-order chi connectivity index (χ1) is 14.7. The van der Waals surface area contributed by atoms with E-state index in [1.165, 1.54) is 33.8 Å². The maximum atomic E-state index is 13.3. The van der Waals surface area contributed by atoms with E-state index in [9.17, 15) is 17.6 Å². The molecule has 0 spiro atoms. The number of anilines is 1. The topological polar surface area (TPSA) is 66.5 Å². The molecule has 1 aromatic heterocycles. The summed E-state index contributed by atoms with van der Waals surface area (Å²) in [7, 11) is -3.66. The molecule has 1 heterocycles. The van der Waals surface area contributed by atoms with Gasteiger partial charge in [-0.3, -0.25) is 4.79 Å². The van der Waals surface area contributed by atoms with Crippen molar-refractivity contribution in [3.05, 3.63) is 69.7 Å². The zero-order valence-corrected chi connectivity index (χ0v) is 19.5. The number of rotatable bonds is 7. The van der Waals surface area contributed by atoms with Crippen molar-refractivity contribution in [3.63, 3.8) is 0 Å². The van der Waals surface area contributed by atoms with Crippen LogP contribution in [0, 0.1) is 19.7 Å². The molecule has 0 unspecified atom stereocenters. The number of carbonyl (C=O) groups excluding carboxylic acids is 1. The molecule has 0 fully saturated rings. The van der Waals surface area contributed by atoms with Gasteiger partial charge in [-0.1, -0.05) is 26.0 Å². The SMILES string of the molecule is CCN(CC)S(=O)(=O)c1cc(C)c(C)c(NC(=O)c2sccc2-c2ccc(F)cc2)c1.